The molecule has 2 N–H and O–H groups in total. The zero-order chi connectivity index (χ0) is 12.7. The Kier molecular flexibility index (Phi) is 3.58. The Morgan fingerprint density at radius 2 is 0.938 bits per heavy atom. The Morgan fingerprint density at radius 3 is 1.06 bits per heavy atom. The highest BCUT2D eigenvalue weighted by molar-refractivity contribution is 6.48. The lowest BCUT2D eigenvalue weighted by Crippen LogP contribution is -2.41. The quantitative estimate of drug-likeness (QED) is 0.672. The van der Waals surface area contributed by atoms with Gasteiger partial charge in [-0.15, -0.1) is 12.8 Å². The summed E-state index contributed by atoms with van der Waals surface area (Å²) in [5.74, 6) is 3.86. The van der Waals surface area contributed by atoms with Gasteiger partial charge in [0.1, 0.15) is 0 Å². The molecule has 0 saturated heterocycles. The summed E-state index contributed by atoms with van der Waals surface area (Å²) >= 11 is 22.9. The molecule has 0 amide bonds. The predicted octanol–water partition coefficient (Wildman–Crippen LogP) is 2.11. The van der Waals surface area contributed by atoms with Crippen molar-refractivity contribution in [1.82, 2.24) is 0 Å². The second-order valence-corrected chi connectivity index (χ2v) is 4.48. The van der Waals surface area contributed by atoms with Crippen LogP contribution in [0.5, 0.6) is 0 Å². The molecule has 6 heteroatoms. The molecule has 0 aromatic heterocycles. The van der Waals surface area contributed by atoms with Crippen LogP contribution in [0.15, 0.2) is 20.1 Å². The van der Waals surface area contributed by atoms with E-state index in [1.54, 1.807) is 0 Å². The van der Waals surface area contributed by atoms with Crippen molar-refractivity contribution in [3.8, 4) is 24.7 Å². The van der Waals surface area contributed by atoms with Crippen LogP contribution in [0, 0.1) is 24.7 Å². The van der Waals surface area contributed by atoms with Crippen LogP contribution in [0.25, 0.3) is 0 Å². The average molecular weight is 298 g/mol. The third-order valence-corrected chi connectivity index (χ3v) is 4.12. The fraction of sp³-hybridized carbons (Fsp3) is 0.200. The van der Waals surface area contributed by atoms with Crippen molar-refractivity contribution >= 4 is 46.4 Å². The van der Waals surface area contributed by atoms with Gasteiger partial charge in [0.05, 0.1) is 20.1 Å². The molecule has 0 aromatic rings. The highest BCUT2D eigenvalue weighted by Crippen LogP contribution is 2.49. The first-order chi connectivity index (χ1) is 7.25. The van der Waals surface area contributed by atoms with Crippen molar-refractivity contribution in [3.63, 3.8) is 0 Å². The van der Waals surface area contributed by atoms with Crippen LogP contribution in [-0.2, 0) is 0 Å². The van der Waals surface area contributed by atoms with E-state index < -0.39 is 31.3 Å². The molecular formula is C10H4Cl4O2. The SMILES string of the molecule is C#CC1(O)C(Cl)=C(Cl)C(O)(C#C)C(Cl)=C1Cl. The average Bonchev–Trinajstić information content (AvgIpc) is 2.31. The van der Waals surface area contributed by atoms with E-state index in [1.807, 2.05) is 11.8 Å². The molecular weight excluding hydrogens is 294 g/mol. The number of terminal acetylenes is 2. The highest BCUT2D eigenvalue weighted by Gasteiger charge is 2.50. The third kappa shape index (κ3) is 1.55. The van der Waals surface area contributed by atoms with Gasteiger partial charge in [0.25, 0.3) is 0 Å². The van der Waals surface area contributed by atoms with Crippen LogP contribution in [0.4, 0.5) is 0 Å². The predicted molar refractivity (Wildman–Crippen MR) is 65.0 cm³/mol. The molecule has 16 heavy (non-hydrogen) atoms. The van der Waals surface area contributed by atoms with Gasteiger partial charge in [0.15, 0.2) is 0 Å². The van der Waals surface area contributed by atoms with Crippen molar-refractivity contribution in [2.24, 2.45) is 0 Å². The summed E-state index contributed by atoms with van der Waals surface area (Å²) in [6.07, 6.45) is 10.2. The Hall–Kier alpha value is -0.320. The van der Waals surface area contributed by atoms with Gasteiger partial charge in [-0.3, -0.25) is 0 Å². The first-order valence-corrected chi connectivity index (χ1v) is 5.29. The number of hydrogen-bond acceptors (Lipinski definition) is 2. The van der Waals surface area contributed by atoms with Gasteiger partial charge in [0.2, 0.25) is 11.2 Å². The van der Waals surface area contributed by atoms with Crippen molar-refractivity contribution < 1.29 is 10.2 Å². The molecule has 0 spiro atoms. The molecule has 1 aliphatic rings. The molecule has 1 rings (SSSR count). The molecule has 1 aliphatic carbocycles. The standard InChI is InChI=1S/C10H4Cl4O2/c1-3-9(15)5(11)7(13)10(16,4-2)8(14)6(9)12/h1-2,15-16H. The van der Waals surface area contributed by atoms with E-state index in [0.717, 1.165) is 0 Å². The van der Waals surface area contributed by atoms with E-state index in [-0.39, 0.29) is 0 Å². The monoisotopic (exact) mass is 296 g/mol. The maximum atomic E-state index is 9.92. The van der Waals surface area contributed by atoms with Gasteiger partial charge in [-0.2, -0.15) is 0 Å². The zero-order valence-corrected chi connectivity index (χ0v) is 10.6. The van der Waals surface area contributed by atoms with Gasteiger partial charge < -0.3 is 10.2 Å². The van der Waals surface area contributed by atoms with Crippen LogP contribution < -0.4 is 0 Å². The molecule has 0 heterocycles. The van der Waals surface area contributed by atoms with E-state index in [1.165, 1.54) is 0 Å². The Morgan fingerprint density at radius 1 is 0.750 bits per heavy atom. The first kappa shape index (κ1) is 13.7. The first-order valence-electron chi connectivity index (χ1n) is 3.78. The fourth-order valence-electron chi connectivity index (χ4n) is 1.08. The molecule has 0 aromatic carbocycles. The molecule has 0 saturated carbocycles. The lowest BCUT2D eigenvalue weighted by atomic mass is 9.89. The number of aliphatic hydroxyl groups is 2. The minimum Gasteiger partial charge on any atom is -0.368 e. The molecule has 0 radical (unpaired) electrons. The van der Waals surface area contributed by atoms with Gasteiger partial charge in [-0.05, 0) is 0 Å². The fourth-order valence-corrected chi connectivity index (χ4v) is 2.32. The minimum absolute atomic E-state index is 0.452. The molecule has 0 fully saturated rings. The van der Waals surface area contributed by atoms with E-state index in [0.29, 0.717) is 0 Å². The van der Waals surface area contributed by atoms with Crippen molar-refractivity contribution in [2.45, 2.75) is 11.2 Å². The largest absolute Gasteiger partial charge is 0.368 e. The third-order valence-electron chi connectivity index (χ3n) is 2.07. The zero-order valence-electron chi connectivity index (χ0n) is 7.56. The van der Waals surface area contributed by atoms with Crippen LogP contribution in [-0.4, -0.2) is 21.4 Å². The lowest BCUT2D eigenvalue weighted by molar-refractivity contribution is 0.155. The molecule has 0 unspecified atom stereocenters. The maximum absolute atomic E-state index is 9.92. The maximum Gasteiger partial charge on any atom is 0.200 e. The van der Waals surface area contributed by atoms with E-state index in [2.05, 4.69) is 0 Å². The summed E-state index contributed by atoms with van der Waals surface area (Å²) in [7, 11) is 0. The number of halogens is 4. The van der Waals surface area contributed by atoms with Crippen LogP contribution >= 0.6 is 46.4 Å². The van der Waals surface area contributed by atoms with Crippen molar-refractivity contribution in [1.29, 1.82) is 0 Å². The minimum atomic E-state index is -2.17. The normalized spacial score (nSPS) is 34.8. The van der Waals surface area contributed by atoms with Crippen LogP contribution in [0.3, 0.4) is 0 Å². The van der Waals surface area contributed by atoms with Gasteiger partial charge in [0, 0.05) is 0 Å². The second-order valence-electron chi connectivity index (χ2n) is 2.97. The molecule has 0 aliphatic heterocycles. The summed E-state index contributed by atoms with van der Waals surface area (Å²) < 4.78 is 0. The van der Waals surface area contributed by atoms with Crippen LogP contribution in [0.2, 0.25) is 0 Å². The van der Waals surface area contributed by atoms with E-state index in [4.69, 9.17) is 59.3 Å². The number of hydrogen-bond donors (Lipinski definition) is 2. The summed E-state index contributed by atoms with van der Waals surface area (Å²) in [6.45, 7) is 0. The van der Waals surface area contributed by atoms with Crippen LogP contribution in [0.1, 0.15) is 0 Å². The van der Waals surface area contributed by atoms with E-state index in [9.17, 15) is 10.2 Å². The Bertz CT molecular complexity index is 420. The van der Waals surface area contributed by atoms with Crippen molar-refractivity contribution in [2.75, 3.05) is 0 Å². The smallest absolute Gasteiger partial charge is 0.200 e. The highest BCUT2D eigenvalue weighted by atomic mass is 35.5. The summed E-state index contributed by atoms with van der Waals surface area (Å²) in [6, 6.07) is 0. The molecule has 84 valence electrons. The summed E-state index contributed by atoms with van der Waals surface area (Å²) in [5, 5.41) is 18.0. The molecule has 0 atom stereocenters. The Balaban J connectivity index is 3.66. The Labute approximate surface area is 112 Å². The second kappa shape index (κ2) is 4.17. The summed E-state index contributed by atoms with van der Waals surface area (Å²) in [4.78, 5) is 0. The number of rotatable bonds is 0. The molecule has 2 nitrogen and oxygen atoms in total. The lowest BCUT2D eigenvalue weighted by Gasteiger charge is -2.34. The van der Waals surface area contributed by atoms with E-state index >= 15 is 0 Å². The summed E-state index contributed by atoms with van der Waals surface area (Å²) in [5.41, 5.74) is -4.33. The topological polar surface area (TPSA) is 40.5 Å². The van der Waals surface area contributed by atoms with Gasteiger partial charge in [-0.25, -0.2) is 0 Å². The van der Waals surface area contributed by atoms with Crippen molar-refractivity contribution in [3.05, 3.63) is 20.1 Å². The van der Waals surface area contributed by atoms with Gasteiger partial charge >= 0.3 is 0 Å². The van der Waals surface area contributed by atoms with Gasteiger partial charge in [-0.1, -0.05) is 58.2 Å². The molecule has 0 bridgehead atoms.